The Morgan fingerprint density at radius 1 is 1.18 bits per heavy atom. The third-order valence-electron chi connectivity index (χ3n) is 2.30. The summed E-state index contributed by atoms with van der Waals surface area (Å²) in [4.78, 5) is 23.0. The minimum Gasteiger partial charge on any atom is -0.296 e. The predicted molar refractivity (Wildman–Crippen MR) is 49.0 cm³/mol. The number of rotatable bonds is 2. The first kappa shape index (κ1) is 11.6. The molecule has 0 aromatic heterocycles. The lowest BCUT2D eigenvalue weighted by Gasteiger charge is -2.15. The first-order chi connectivity index (χ1) is 7.91. The van der Waals surface area contributed by atoms with Gasteiger partial charge in [-0.3, -0.25) is 14.5 Å². The average molecular weight is 247 g/mol. The van der Waals surface area contributed by atoms with Crippen molar-refractivity contribution in [1.82, 2.24) is 0 Å². The number of benzene rings is 1. The highest BCUT2D eigenvalue weighted by atomic mass is 19.3. The van der Waals surface area contributed by atoms with E-state index < -0.39 is 47.5 Å². The second-order valence-corrected chi connectivity index (χ2v) is 3.42. The van der Waals surface area contributed by atoms with Crippen molar-refractivity contribution in [1.29, 1.82) is 0 Å². The number of hydrogen-bond donors (Lipinski definition) is 0. The molecule has 0 N–H and O–H groups in total. The van der Waals surface area contributed by atoms with E-state index in [1.807, 2.05) is 0 Å². The van der Waals surface area contributed by atoms with Gasteiger partial charge < -0.3 is 0 Å². The maximum absolute atomic E-state index is 13.4. The topological polar surface area (TPSA) is 37.4 Å². The second kappa shape index (κ2) is 3.83. The standard InChI is InChI=1S/C10H5F4NO2/c11-4-1-5-8(6(12)2-4)15(3-7(13)14)10(17)9(5)16/h1-2,7H,3H2. The van der Waals surface area contributed by atoms with E-state index >= 15 is 0 Å². The first-order valence-electron chi connectivity index (χ1n) is 4.55. The fourth-order valence-corrected chi connectivity index (χ4v) is 1.66. The number of Topliss-reactive ketones (excluding diaryl/α,β-unsaturated/α-hetero) is 1. The molecule has 3 nitrogen and oxygen atoms in total. The summed E-state index contributed by atoms with van der Waals surface area (Å²) in [6, 6.07) is 1.09. The number of carbonyl (C=O) groups is 2. The van der Waals surface area contributed by atoms with Crippen molar-refractivity contribution >= 4 is 17.4 Å². The van der Waals surface area contributed by atoms with Gasteiger partial charge in [-0.05, 0) is 6.07 Å². The smallest absolute Gasteiger partial charge is 0.296 e. The Morgan fingerprint density at radius 2 is 1.82 bits per heavy atom. The van der Waals surface area contributed by atoms with E-state index in [9.17, 15) is 27.2 Å². The quantitative estimate of drug-likeness (QED) is 0.590. The molecule has 0 radical (unpaired) electrons. The van der Waals surface area contributed by atoms with E-state index in [1.54, 1.807) is 0 Å². The zero-order valence-electron chi connectivity index (χ0n) is 8.21. The van der Waals surface area contributed by atoms with Gasteiger partial charge in [0.2, 0.25) is 0 Å². The predicted octanol–water partition coefficient (Wildman–Crippen LogP) is 1.76. The molecule has 1 aromatic carbocycles. The van der Waals surface area contributed by atoms with Gasteiger partial charge >= 0.3 is 0 Å². The highest BCUT2D eigenvalue weighted by Crippen LogP contribution is 2.32. The summed E-state index contributed by atoms with van der Waals surface area (Å²) >= 11 is 0. The number of alkyl halides is 2. The number of hydrogen-bond acceptors (Lipinski definition) is 2. The molecule has 0 atom stereocenters. The summed E-state index contributed by atoms with van der Waals surface area (Å²) in [5.74, 6) is -4.70. The molecule has 1 aliphatic rings. The molecule has 0 spiro atoms. The molecule has 0 unspecified atom stereocenters. The molecule has 1 aromatic rings. The normalized spacial score (nSPS) is 14.8. The Bertz CT molecular complexity index is 515. The van der Waals surface area contributed by atoms with Gasteiger partial charge in [0.05, 0.1) is 17.8 Å². The minimum absolute atomic E-state index is 0.330. The molecular formula is C10H5F4NO2. The van der Waals surface area contributed by atoms with E-state index in [-0.39, 0.29) is 0 Å². The summed E-state index contributed by atoms with van der Waals surface area (Å²) in [5.41, 5.74) is -1.10. The molecule has 17 heavy (non-hydrogen) atoms. The maximum atomic E-state index is 13.4. The van der Waals surface area contributed by atoms with E-state index in [1.165, 1.54) is 0 Å². The summed E-state index contributed by atoms with van der Waals surface area (Å²) < 4.78 is 50.6. The molecule has 0 bridgehead atoms. The Morgan fingerprint density at radius 3 is 2.41 bits per heavy atom. The van der Waals surface area contributed by atoms with E-state index in [2.05, 4.69) is 0 Å². The third kappa shape index (κ3) is 1.77. The highest BCUT2D eigenvalue weighted by Gasteiger charge is 2.39. The number of halogens is 4. The summed E-state index contributed by atoms with van der Waals surface area (Å²) in [6.07, 6.45) is -2.91. The Labute approximate surface area is 92.6 Å². The van der Waals surface area contributed by atoms with Crippen LogP contribution in [0, 0.1) is 11.6 Å². The molecule has 7 heteroatoms. The van der Waals surface area contributed by atoms with Crippen LogP contribution >= 0.6 is 0 Å². The number of fused-ring (bicyclic) bond motifs is 1. The SMILES string of the molecule is O=C1C(=O)N(CC(F)F)c2c(F)cc(F)cc21. The van der Waals surface area contributed by atoms with Gasteiger partial charge in [-0.2, -0.15) is 0 Å². The number of nitrogens with zero attached hydrogens (tertiary/aromatic N) is 1. The minimum atomic E-state index is -2.91. The number of amides is 1. The Balaban J connectivity index is 2.56. The molecule has 1 heterocycles. The summed E-state index contributed by atoms with van der Waals surface area (Å²) in [5, 5.41) is 0. The molecule has 0 aliphatic carbocycles. The van der Waals surface area contributed by atoms with Crippen LogP contribution < -0.4 is 4.90 Å². The average Bonchev–Trinajstić information content (AvgIpc) is 2.43. The molecule has 0 saturated carbocycles. The van der Waals surface area contributed by atoms with Gasteiger partial charge in [0.15, 0.2) is 5.82 Å². The van der Waals surface area contributed by atoms with E-state index in [0.717, 1.165) is 0 Å². The van der Waals surface area contributed by atoms with Crippen LogP contribution in [-0.4, -0.2) is 24.7 Å². The lowest BCUT2D eigenvalue weighted by molar-refractivity contribution is -0.114. The molecule has 1 aliphatic heterocycles. The zero-order chi connectivity index (χ0) is 12.7. The van der Waals surface area contributed by atoms with Crippen molar-refractivity contribution in [2.24, 2.45) is 0 Å². The van der Waals surface area contributed by atoms with Crippen molar-refractivity contribution in [3.8, 4) is 0 Å². The van der Waals surface area contributed by atoms with Gasteiger partial charge in [0, 0.05) is 6.07 Å². The van der Waals surface area contributed by atoms with Gasteiger partial charge in [-0.1, -0.05) is 0 Å². The van der Waals surface area contributed by atoms with Gasteiger partial charge in [-0.15, -0.1) is 0 Å². The van der Waals surface area contributed by atoms with Crippen LogP contribution in [0.25, 0.3) is 0 Å². The maximum Gasteiger partial charge on any atom is 0.299 e. The van der Waals surface area contributed by atoms with Crippen LogP contribution in [0.2, 0.25) is 0 Å². The van der Waals surface area contributed by atoms with Crippen molar-refractivity contribution in [3.05, 3.63) is 29.3 Å². The van der Waals surface area contributed by atoms with Crippen molar-refractivity contribution in [2.75, 3.05) is 11.4 Å². The lowest BCUT2D eigenvalue weighted by atomic mass is 10.1. The molecule has 2 rings (SSSR count). The third-order valence-corrected chi connectivity index (χ3v) is 2.30. The number of ketones is 1. The fraction of sp³-hybridized carbons (Fsp3) is 0.200. The van der Waals surface area contributed by atoms with E-state index in [4.69, 9.17) is 0 Å². The second-order valence-electron chi connectivity index (χ2n) is 3.42. The Kier molecular flexibility index (Phi) is 2.60. The van der Waals surface area contributed by atoms with Crippen LogP contribution in [0.4, 0.5) is 23.2 Å². The monoisotopic (exact) mass is 247 g/mol. The summed E-state index contributed by atoms with van der Waals surface area (Å²) in [7, 11) is 0. The zero-order valence-corrected chi connectivity index (χ0v) is 8.21. The summed E-state index contributed by atoms with van der Waals surface area (Å²) in [6.45, 7) is -1.10. The van der Waals surface area contributed by atoms with Crippen molar-refractivity contribution < 1.29 is 27.2 Å². The van der Waals surface area contributed by atoms with Crippen LogP contribution in [0.15, 0.2) is 12.1 Å². The molecule has 0 saturated heterocycles. The van der Waals surface area contributed by atoms with Gasteiger partial charge in [0.1, 0.15) is 5.82 Å². The van der Waals surface area contributed by atoms with Crippen LogP contribution in [-0.2, 0) is 4.79 Å². The highest BCUT2D eigenvalue weighted by molar-refractivity contribution is 6.52. The Hall–Kier alpha value is -1.92. The molecule has 0 fully saturated rings. The van der Waals surface area contributed by atoms with E-state index in [0.29, 0.717) is 17.0 Å². The van der Waals surface area contributed by atoms with Crippen molar-refractivity contribution in [2.45, 2.75) is 6.43 Å². The van der Waals surface area contributed by atoms with Crippen LogP contribution in [0.3, 0.4) is 0 Å². The molecular weight excluding hydrogens is 242 g/mol. The first-order valence-corrected chi connectivity index (χ1v) is 4.55. The largest absolute Gasteiger partial charge is 0.299 e. The molecule has 90 valence electrons. The number of carbonyl (C=O) groups excluding carboxylic acids is 2. The van der Waals surface area contributed by atoms with Crippen LogP contribution in [0.1, 0.15) is 10.4 Å². The van der Waals surface area contributed by atoms with Gasteiger partial charge in [-0.25, -0.2) is 17.6 Å². The van der Waals surface area contributed by atoms with Gasteiger partial charge in [0.25, 0.3) is 18.1 Å². The fourth-order valence-electron chi connectivity index (χ4n) is 1.66. The molecule has 1 amide bonds. The van der Waals surface area contributed by atoms with Crippen LogP contribution in [0.5, 0.6) is 0 Å². The lowest BCUT2D eigenvalue weighted by Crippen LogP contribution is -2.34. The van der Waals surface area contributed by atoms with Crippen molar-refractivity contribution in [3.63, 3.8) is 0 Å². The number of anilines is 1.